The van der Waals surface area contributed by atoms with Crippen LogP contribution in [0.15, 0.2) is 29.2 Å². The molecular formula is C25H33ClN4O2S. The van der Waals surface area contributed by atoms with E-state index in [1.165, 1.54) is 5.56 Å². The monoisotopic (exact) mass is 488 g/mol. The van der Waals surface area contributed by atoms with Gasteiger partial charge in [0.2, 0.25) is 5.95 Å². The Kier molecular flexibility index (Phi) is 6.17. The third-order valence-electron chi connectivity index (χ3n) is 7.55. The molecular weight excluding hydrogens is 456 g/mol. The minimum absolute atomic E-state index is 0.0592. The van der Waals surface area contributed by atoms with Crippen molar-refractivity contribution >= 4 is 34.2 Å². The number of hydrogen-bond acceptors (Lipinski definition) is 6. The molecule has 3 aliphatic rings. The van der Waals surface area contributed by atoms with E-state index in [1.54, 1.807) is 0 Å². The fourth-order valence-corrected chi connectivity index (χ4v) is 6.86. The van der Waals surface area contributed by atoms with Crippen molar-refractivity contribution in [1.82, 2.24) is 9.97 Å². The number of aromatic nitrogens is 2. The highest BCUT2D eigenvalue weighted by Gasteiger charge is 2.43. The molecule has 33 heavy (non-hydrogen) atoms. The largest absolute Gasteiger partial charge is 0.394 e. The summed E-state index contributed by atoms with van der Waals surface area (Å²) < 4.78 is 12.9. The van der Waals surface area contributed by atoms with Gasteiger partial charge in [-0.15, -0.1) is 0 Å². The molecule has 2 fully saturated rings. The topological polar surface area (TPSA) is 78.3 Å². The SMILES string of the molecule is CC1(C)Cc2nc(N3CCCC(c4ccc(Cl)cc4)CC3)nc(NC3(CO)CCC3)c2[S@@]1=O. The molecule has 8 heteroatoms. The molecule has 0 radical (unpaired) electrons. The molecule has 6 nitrogen and oxygen atoms in total. The van der Waals surface area contributed by atoms with E-state index in [0.29, 0.717) is 18.2 Å². The van der Waals surface area contributed by atoms with E-state index >= 15 is 0 Å². The number of fused-ring (bicyclic) bond motifs is 1. The third-order valence-corrected chi connectivity index (χ3v) is 9.75. The van der Waals surface area contributed by atoms with Gasteiger partial charge in [-0.1, -0.05) is 23.7 Å². The molecule has 1 saturated heterocycles. The number of anilines is 2. The quantitative estimate of drug-likeness (QED) is 0.636. The average Bonchev–Trinajstić information content (AvgIpc) is 2.91. The first-order valence-electron chi connectivity index (χ1n) is 12.0. The van der Waals surface area contributed by atoms with Gasteiger partial charge in [-0.3, -0.25) is 4.21 Å². The Hall–Kier alpha value is -1.70. The van der Waals surface area contributed by atoms with Crippen LogP contribution in [0.4, 0.5) is 11.8 Å². The lowest BCUT2D eigenvalue weighted by Gasteiger charge is -2.41. The van der Waals surface area contributed by atoms with E-state index in [1.807, 2.05) is 26.0 Å². The molecule has 0 bridgehead atoms. The van der Waals surface area contributed by atoms with Gasteiger partial charge in [0.05, 0.1) is 33.4 Å². The Morgan fingerprint density at radius 3 is 2.58 bits per heavy atom. The van der Waals surface area contributed by atoms with Gasteiger partial charge in [0, 0.05) is 24.5 Å². The van der Waals surface area contributed by atoms with Crippen LogP contribution in [0.1, 0.15) is 69.5 Å². The van der Waals surface area contributed by atoms with Crippen LogP contribution in [-0.2, 0) is 17.2 Å². The Morgan fingerprint density at radius 2 is 1.91 bits per heavy atom. The van der Waals surface area contributed by atoms with Crippen LogP contribution in [0.3, 0.4) is 0 Å². The minimum Gasteiger partial charge on any atom is -0.394 e. The van der Waals surface area contributed by atoms with Crippen molar-refractivity contribution in [3.63, 3.8) is 0 Å². The van der Waals surface area contributed by atoms with Gasteiger partial charge in [0.1, 0.15) is 10.7 Å². The molecule has 1 unspecified atom stereocenters. The first kappa shape index (κ1) is 23.1. The van der Waals surface area contributed by atoms with E-state index in [9.17, 15) is 9.32 Å². The molecule has 1 aromatic heterocycles. The molecule has 1 saturated carbocycles. The van der Waals surface area contributed by atoms with E-state index in [0.717, 1.165) is 73.2 Å². The number of nitrogens with one attached hydrogen (secondary N) is 1. The number of aliphatic hydroxyl groups excluding tert-OH is 1. The first-order chi connectivity index (χ1) is 15.8. The average molecular weight is 489 g/mol. The van der Waals surface area contributed by atoms with Gasteiger partial charge in [0.25, 0.3) is 0 Å². The van der Waals surface area contributed by atoms with Crippen LogP contribution in [0, 0.1) is 0 Å². The Balaban J connectivity index is 1.43. The fourth-order valence-electron chi connectivity index (χ4n) is 5.31. The zero-order chi connectivity index (χ0) is 23.2. The molecule has 1 aliphatic carbocycles. The fraction of sp³-hybridized carbons (Fsp3) is 0.600. The molecule has 2 N–H and O–H groups in total. The van der Waals surface area contributed by atoms with Gasteiger partial charge in [-0.25, -0.2) is 4.98 Å². The molecule has 0 spiro atoms. The Morgan fingerprint density at radius 1 is 1.15 bits per heavy atom. The number of benzene rings is 1. The summed E-state index contributed by atoms with van der Waals surface area (Å²) >= 11 is 6.08. The number of halogens is 1. The zero-order valence-electron chi connectivity index (χ0n) is 19.4. The summed E-state index contributed by atoms with van der Waals surface area (Å²) in [5, 5.41) is 14.3. The van der Waals surface area contributed by atoms with Crippen LogP contribution in [0.25, 0.3) is 0 Å². The molecule has 5 rings (SSSR count). The van der Waals surface area contributed by atoms with Gasteiger partial charge < -0.3 is 15.3 Å². The second kappa shape index (κ2) is 8.82. The summed E-state index contributed by atoms with van der Waals surface area (Å²) in [4.78, 5) is 12.9. The van der Waals surface area contributed by atoms with E-state index in [-0.39, 0.29) is 16.9 Å². The lowest BCUT2D eigenvalue weighted by atomic mass is 9.77. The van der Waals surface area contributed by atoms with Crippen LogP contribution in [0.2, 0.25) is 5.02 Å². The van der Waals surface area contributed by atoms with Gasteiger partial charge in [0.15, 0.2) is 0 Å². The van der Waals surface area contributed by atoms with Crippen LogP contribution in [-0.4, -0.2) is 49.3 Å². The second-order valence-corrected chi connectivity index (χ2v) is 12.9. The summed E-state index contributed by atoms with van der Waals surface area (Å²) in [5.41, 5.74) is 1.87. The number of nitrogens with zero attached hydrogens (tertiary/aromatic N) is 3. The maximum Gasteiger partial charge on any atom is 0.227 e. The summed E-state index contributed by atoms with van der Waals surface area (Å²) in [6.45, 7) is 5.90. The second-order valence-electron chi connectivity index (χ2n) is 10.4. The Bertz CT molecular complexity index is 1050. The van der Waals surface area contributed by atoms with Crippen molar-refractivity contribution in [2.24, 2.45) is 0 Å². The lowest BCUT2D eigenvalue weighted by Crippen LogP contribution is -2.48. The van der Waals surface area contributed by atoms with Crippen molar-refractivity contribution in [3.05, 3.63) is 40.5 Å². The molecule has 1 aromatic carbocycles. The molecule has 2 atom stereocenters. The van der Waals surface area contributed by atoms with Crippen LogP contribution >= 0.6 is 11.6 Å². The predicted octanol–water partition coefficient (Wildman–Crippen LogP) is 4.67. The minimum atomic E-state index is -1.18. The molecule has 2 aromatic rings. The number of hydrogen-bond donors (Lipinski definition) is 2. The lowest BCUT2D eigenvalue weighted by molar-refractivity contribution is 0.143. The van der Waals surface area contributed by atoms with Crippen LogP contribution < -0.4 is 10.2 Å². The Labute approximate surface area is 203 Å². The maximum atomic E-state index is 13.3. The summed E-state index contributed by atoms with van der Waals surface area (Å²) in [7, 11) is -1.18. The summed E-state index contributed by atoms with van der Waals surface area (Å²) in [6.07, 6.45) is 6.78. The highest BCUT2D eigenvalue weighted by Crippen LogP contribution is 2.43. The summed E-state index contributed by atoms with van der Waals surface area (Å²) in [6, 6.07) is 8.22. The molecule has 3 heterocycles. The summed E-state index contributed by atoms with van der Waals surface area (Å²) in [5.74, 6) is 1.87. The normalized spacial score (nSPS) is 25.8. The zero-order valence-corrected chi connectivity index (χ0v) is 21.0. The van der Waals surface area contributed by atoms with E-state index in [4.69, 9.17) is 21.6 Å². The molecule has 2 aliphatic heterocycles. The smallest absolute Gasteiger partial charge is 0.227 e. The maximum absolute atomic E-state index is 13.3. The molecule has 0 amide bonds. The van der Waals surface area contributed by atoms with Crippen molar-refractivity contribution < 1.29 is 9.32 Å². The molecule has 178 valence electrons. The predicted molar refractivity (Wildman–Crippen MR) is 134 cm³/mol. The van der Waals surface area contributed by atoms with Crippen molar-refractivity contribution in [3.8, 4) is 0 Å². The number of aliphatic hydroxyl groups is 1. The highest BCUT2D eigenvalue weighted by molar-refractivity contribution is 7.87. The van der Waals surface area contributed by atoms with Crippen molar-refractivity contribution in [2.75, 3.05) is 29.9 Å². The first-order valence-corrected chi connectivity index (χ1v) is 13.6. The van der Waals surface area contributed by atoms with Gasteiger partial charge >= 0.3 is 0 Å². The van der Waals surface area contributed by atoms with Crippen LogP contribution in [0.5, 0.6) is 0 Å². The van der Waals surface area contributed by atoms with Gasteiger partial charge in [-0.2, -0.15) is 4.98 Å². The van der Waals surface area contributed by atoms with E-state index in [2.05, 4.69) is 22.3 Å². The number of rotatable bonds is 5. The van der Waals surface area contributed by atoms with Crippen molar-refractivity contribution in [2.45, 2.75) is 79.9 Å². The van der Waals surface area contributed by atoms with Gasteiger partial charge in [-0.05, 0) is 76.0 Å². The van der Waals surface area contributed by atoms with Crippen molar-refractivity contribution in [1.29, 1.82) is 0 Å². The standard InChI is InChI=1S/C25H33ClN4O2S/c1-24(2)15-20-21(33(24)32)22(29-25(16-31)11-4-12-25)28-23(27-20)30-13-3-5-17(10-14-30)18-6-8-19(26)9-7-18/h6-9,17,31H,3-5,10-16H2,1-2H3,(H,27,28,29)/t17?,33-/m0/s1. The third kappa shape index (κ3) is 4.40. The highest BCUT2D eigenvalue weighted by atomic mass is 35.5. The van der Waals surface area contributed by atoms with E-state index < -0.39 is 10.8 Å².